The molecule has 0 aromatic heterocycles. The van der Waals surface area contributed by atoms with Crippen LogP contribution in [0, 0.1) is 16.7 Å². The second-order valence-electron chi connectivity index (χ2n) is 6.08. The second kappa shape index (κ2) is 6.55. The third-order valence-electron chi connectivity index (χ3n) is 4.53. The van der Waals surface area contributed by atoms with Crippen molar-refractivity contribution in [3.63, 3.8) is 0 Å². The molecule has 2 heterocycles. The van der Waals surface area contributed by atoms with Crippen molar-refractivity contribution in [3.05, 3.63) is 35.4 Å². The molecule has 2 saturated heterocycles. The molecule has 1 spiro atoms. The van der Waals surface area contributed by atoms with Gasteiger partial charge in [-0.15, -0.1) is 12.4 Å². The fraction of sp³-hybridized carbons (Fsp3) is 0.533. The van der Waals surface area contributed by atoms with E-state index in [2.05, 4.69) is 5.32 Å². The summed E-state index contributed by atoms with van der Waals surface area (Å²) in [4.78, 5) is 0. The van der Waals surface area contributed by atoms with Gasteiger partial charge in [-0.05, 0) is 42.5 Å². The van der Waals surface area contributed by atoms with Crippen LogP contribution in [0.4, 0.5) is 0 Å². The molecule has 7 heteroatoms. The molecule has 2 aliphatic rings. The predicted molar refractivity (Wildman–Crippen MR) is 87.1 cm³/mol. The van der Waals surface area contributed by atoms with Crippen LogP contribution in [-0.4, -0.2) is 38.9 Å². The van der Waals surface area contributed by atoms with Crippen molar-refractivity contribution in [2.24, 2.45) is 5.41 Å². The van der Waals surface area contributed by atoms with Gasteiger partial charge in [-0.3, -0.25) is 0 Å². The van der Waals surface area contributed by atoms with E-state index in [1.165, 1.54) is 0 Å². The Hall–Kier alpha value is -1.13. The number of hydrogen-bond acceptors (Lipinski definition) is 4. The zero-order chi connectivity index (χ0) is 14.9. The van der Waals surface area contributed by atoms with Crippen LogP contribution in [0.15, 0.2) is 24.3 Å². The summed E-state index contributed by atoms with van der Waals surface area (Å²) in [6.07, 6.45) is 2.00. The summed E-state index contributed by atoms with van der Waals surface area (Å²) in [6.45, 7) is 3.14. The molecule has 5 nitrogen and oxygen atoms in total. The van der Waals surface area contributed by atoms with E-state index in [0.29, 0.717) is 24.2 Å². The maximum Gasteiger partial charge on any atom is 0.218 e. The summed E-state index contributed by atoms with van der Waals surface area (Å²) in [6, 6.07) is 8.88. The minimum Gasteiger partial charge on any atom is -0.316 e. The Bertz CT molecular complexity index is 678. The lowest BCUT2D eigenvalue weighted by Gasteiger charge is -2.22. The Balaban J connectivity index is 0.00000176. The van der Waals surface area contributed by atoms with Gasteiger partial charge in [-0.1, -0.05) is 12.1 Å². The number of halogens is 1. The third-order valence-corrected chi connectivity index (χ3v) is 6.33. The van der Waals surface area contributed by atoms with Gasteiger partial charge in [0.2, 0.25) is 10.0 Å². The first kappa shape index (κ1) is 17.2. The SMILES string of the molecule is Cl.N#Cc1cccc(CS(=O)(=O)N2CCC3(CCNC3)C2)c1. The molecule has 2 fully saturated rings. The smallest absolute Gasteiger partial charge is 0.218 e. The topological polar surface area (TPSA) is 73.2 Å². The van der Waals surface area contributed by atoms with Crippen molar-refractivity contribution in [1.82, 2.24) is 9.62 Å². The van der Waals surface area contributed by atoms with Gasteiger partial charge >= 0.3 is 0 Å². The molecule has 0 bridgehead atoms. The number of nitriles is 1. The molecule has 1 aromatic rings. The van der Waals surface area contributed by atoms with Crippen LogP contribution in [0.5, 0.6) is 0 Å². The Morgan fingerprint density at radius 3 is 2.86 bits per heavy atom. The average molecular weight is 342 g/mol. The quantitative estimate of drug-likeness (QED) is 0.904. The van der Waals surface area contributed by atoms with Crippen LogP contribution >= 0.6 is 12.4 Å². The summed E-state index contributed by atoms with van der Waals surface area (Å²) in [7, 11) is -3.31. The maximum absolute atomic E-state index is 12.6. The van der Waals surface area contributed by atoms with Crippen LogP contribution in [0.2, 0.25) is 0 Å². The van der Waals surface area contributed by atoms with E-state index >= 15 is 0 Å². The first-order valence-electron chi connectivity index (χ1n) is 7.21. The van der Waals surface area contributed by atoms with Crippen molar-refractivity contribution >= 4 is 22.4 Å². The molecule has 0 radical (unpaired) electrons. The van der Waals surface area contributed by atoms with Gasteiger partial charge in [-0.2, -0.15) is 5.26 Å². The molecule has 1 unspecified atom stereocenters. The monoisotopic (exact) mass is 341 g/mol. The van der Waals surface area contributed by atoms with Crippen LogP contribution < -0.4 is 5.32 Å². The third kappa shape index (κ3) is 3.44. The molecule has 2 aliphatic heterocycles. The molecular formula is C15H20ClN3O2S. The highest BCUT2D eigenvalue weighted by atomic mass is 35.5. The fourth-order valence-electron chi connectivity index (χ4n) is 3.31. The van der Waals surface area contributed by atoms with E-state index in [0.717, 1.165) is 25.9 Å². The standard InChI is InChI=1S/C15H19N3O2S.ClH/c16-9-13-2-1-3-14(8-13)10-21(19,20)18-7-5-15(12-18)4-6-17-11-15;/h1-3,8,17H,4-7,10-12H2;1H. The molecule has 22 heavy (non-hydrogen) atoms. The first-order valence-corrected chi connectivity index (χ1v) is 8.82. The zero-order valence-corrected chi connectivity index (χ0v) is 13.9. The largest absolute Gasteiger partial charge is 0.316 e. The lowest BCUT2D eigenvalue weighted by atomic mass is 9.87. The van der Waals surface area contributed by atoms with Gasteiger partial charge in [0.15, 0.2) is 0 Å². The number of nitrogens with zero attached hydrogens (tertiary/aromatic N) is 2. The van der Waals surface area contributed by atoms with Gasteiger partial charge in [0.1, 0.15) is 0 Å². The van der Waals surface area contributed by atoms with Crippen molar-refractivity contribution in [1.29, 1.82) is 5.26 Å². The van der Waals surface area contributed by atoms with Gasteiger partial charge in [0.05, 0.1) is 17.4 Å². The minimum atomic E-state index is -3.31. The van der Waals surface area contributed by atoms with Crippen LogP contribution in [0.3, 0.4) is 0 Å². The lowest BCUT2D eigenvalue weighted by Crippen LogP contribution is -2.34. The van der Waals surface area contributed by atoms with E-state index in [-0.39, 0.29) is 23.6 Å². The fourth-order valence-corrected chi connectivity index (χ4v) is 4.93. The molecule has 120 valence electrons. The van der Waals surface area contributed by atoms with Crippen molar-refractivity contribution in [2.45, 2.75) is 18.6 Å². The first-order chi connectivity index (χ1) is 10.0. The molecule has 1 N–H and O–H groups in total. The molecule has 0 aliphatic carbocycles. The summed E-state index contributed by atoms with van der Waals surface area (Å²) < 4.78 is 26.8. The van der Waals surface area contributed by atoms with Crippen LogP contribution in [0.25, 0.3) is 0 Å². The summed E-state index contributed by atoms with van der Waals surface area (Å²) >= 11 is 0. The van der Waals surface area contributed by atoms with Crippen molar-refractivity contribution in [3.8, 4) is 6.07 Å². The number of nitrogens with one attached hydrogen (secondary N) is 1. The van der Waals surface area contributed by atoms with E-state index < -0.39 is 10.0 Å². The van der Waals surface area contributed by atoms with E-state index in [9.17, 15) is 8.42 Å². The van der Waals surface area contributed by atoms with E-state index in [4.69, 9.17) is 5.26 Å². The number of sulfonamides is 1. The number of hydrogen-bond donors (Lipinski definition) is 1. The minimum absolute atomic E-state index is 0. The number of rotatable bonds is 3. The Kier molecular flexibility index (Phi) is 5.13. The summed E-state index contributed by atoms with van der Waals surface area (Å²) in [5.74, 6) is -0.0218. The molecule has 3 rings (SSSR count). The molecule has 0 amide bonds. The highest BCUT2D eigenvalue weighted by Gasteiger charge is 2.43. The highest BCUT2D eigenvalue weighted by Crippen LogP contribution is 2.37. The van der Waals surface area contributed by atoms with E-state index in [1.807, 2.05) is 6.07 Å². The van der Waals surface area contributed by atoms with Crippen LogP contribution in [-0.2, 0) is 15.8 Å². The lowest BCUT2D eigenvalue weighted by molar-refractivity contribution is 0.338. The molecule has 1 aromatic carbocycles. The zero-order valence-electron chi connectivity index (χ0n) is 12.3. The molecular weight excluding hydrogens is 322 g/mol. The van der Waals surface area contributed by atoms with Crippen molar-refractivity contribution < 1.29 is 8.42 Å². The van der Waals surface area contributed by atoms with Gasteiger partial charge in [-0.25, -0.2) is 12.7 Å². The van der Waals surface area contributed by atoms with Gasteiger partial charge in [0, 0.05) is 19.6 Å². The normalized spacial score (nSPS) is 25.0. The molecule has 0 saturated carbocycles. The van der Waals surface area contributed by atoms with Crippen molar-refractivity contribution in [2.75, 3.05) is 26.2 Å². The van der Waals surface area contributed by atoms with Gasteiger partial charge < -0.3 is 5.32 Å². The Labute approximate surface area is 137 Å². The second-order valence-corrected chi connectivity index (χ2v) is 8.05. The number of benzene rings is 1. The predicted octanol–water partition coefficient (Wildman–Crippen LogP) is 1.50. The van der Waals surface area contributed by atoms with Gasteiger partial charge in [0.25, 0.3) is 0 Å². The summed E-state index contributed by atoms with van der Waals surface area (Å²) in [5.41, 5.74) is 1.32. The van der Waals surface area contributed by atoms with E-state index in [1.54, 1.807) is 28.6 Å². The maximum atomic E-state index is 12.6. The van der Waals surface area contributed by atoms with Crippen LogP contribution in [0.1, 0.15) is 24.0 Å². The average Bonchev–Trinajstić information content (AvgIpc) is 3.10. The Morgan fingerprint density at radius 1 is 1.36 bits per heavy atom. The Morgan fingerprint density at radius 2 is 2.18 bits per heavy atom. The molecule has 1 atom stereocenters. The summed E-state index contributed by atoms with van der Waals surface area (Å²) in [5, 5.41) is 12.2. The highest BCUT2D eigenvalue weighted by molar-refractivity contribution is 7.88.